The molecule has 0 heterocycles. The number of hydrogen-bond donors (Lipinski definition) is 1. The summed E-state index contributed by atoms with van der Waals surface area (Å²) in [4.78, 5) is 21.5. The first-order valence-electron chi connectivity index (χ1n) is 5.96. The standard InChI is InChI=1S/C12H23NO2/c1-2-3-4-5-6-7-8-9-11(14)10-12(13)15/h2-10H2,1H3,(H2,13,15). The first-order valence-corrected chi connectivity index (χ1v) is 5.96. The Hall–Kier alpha value is -0.860. The van der Waals surface area contributed by atoms with Gasteiger partial charge in [-0.1, -0.05) is 45.4 Å². The van der Waals surface area contributed by atoms with Gasteiger partial charge in [-0.2, -0.15) is 0 Å². The van der Waals surface area contributed by atoms with Crippen molar-refractivity contribution in [1.29, 1.82) is 0 Å². The average Bonchev–Trinajstić information content (AvgIpc) is 2.15. The Labute approximate surface area is 92.4 Å². The van der Waals surface area contributed by atoms with Crippen LogP contribution in [0.25, 0.3) is 0 Å². The number of primary amides is 1. The molecule has 0 fully saturated rings. The predicted molar refractivity (Wildman–Crippen MR) is 61.4 cm³/mol. The molecule has 2 N–H and O–H groups in total. The molecule has 0 aromatic rings. The van der Waals surface area contributed by atoms with Crippen molar-refractivity contribution in [2.45, 2.75) is 64.7 Å². The molecule has 0 rings (SSSR count). The van der Waals surface area contributed by atoms with Crippen molar-refractivity contribution in [3.05, 3.63) is 0 Å². The third kappa shape index (κ3) is 11.1. The molecule has 0 atom stereocenters. The molecule has 0 aliphatic rings. The van der Waals surface area contributed by atoms with Gasteiger partial charge in [0.25, 0.3) is 0 Å². The first-order chi connectivity index (χ1) is 7.16. The minimum Gasteiger partial charge on any atom is -0.369 e. The average molecular weight is 213 g/mol. The quantitative estimate of drug-likeness (QED) is 0.448. The van der Waals surface area contributed by atoms with Crippen LogP contribution in [0.3, 0.4) is 0 Å². The molecule has 3 nitrogen and oxygen atoms in total. The van der Waals surface area contributed by atoms with Crippen LogP contribution < -0.4 is 5.73 Å². The maximum absolute atomic E-state index is 11.1. The summed E-state index contributed by atoms with van der Waals surface area (Å²) >= 11 is 0. The van der Waals surface area contributed by atoms with Gasteiger partial charge >= 0.3 is 0 Å². The number of carbonyl (C=O) groups excluding carboxylic acids is 2. The molecule has 0 aliphatic carbocycles. The zero-order valence-electron chi connectivity index (χ0n) is 9.76. The van der Waals surface area contributed by atoms with Gasteiger partial charge in [0.1, 0.15) is 5.78 Å². The van der Waals surface area contributed by atoms with Crippen molar-refractivity contribution in [2.24, 2.45) is 5.73 Å². The van der Waals surface area contributed by atoms with Crippen LogP contribution in [-0.2, 0) is 9.59 Å². The lowest BCUT2D eigenvalue weighted by atomic mass is 10.1. The molecule has 0 aromatic carbocycles. The zero-order valence-corrected chi connectivity index (χ0v) is 9.76. The SMILES string of the molecule is CCCCCCCCCC(=O)CC(N)=O. The number of amides is 1. The Morgan fingerprint density at radius 1 is 0.933 bits per heavy atom. The Bertz CT molecular complexity index is 190. The Balaban J connectivity index is 3.16. The summed E-state index contributed by atoms with van der Waals surface area (Å²) in [5, 5.41) is 0. The number of nitrogens with two attached hydrogens (primary N) is 1. The van der Waals surface area contributed by atoms with Gasteiger partial charge in [0.05, 0.1) is 6.42 Å². The molecule has 0 saturated carbocycles. The van der Waals surface area contributed by atoms with Crippen LogP contribution in [0.1, 0.15) is 64.7 Å². The van der Waals surface area contributed by atoms with Crippen LogP contribution in [0, 0.1) is 0 Å². The second-order valence-electron chi connectivity index (χ2n) is 4.05. The van der Waals surface area contributed by atoms with Crippen LogP contribution in [-0.4, -0.2) is 11.7 Å². The topological polar surface area (TPSA) is 60.2 Å². The van der Waals surface area contributed by atoms with Gasteiger partial charge in [-0.15, -0.1) is 0 Å². The molecule has 15 heavy (non-hydrogen) atoms. The van der Waals surface area contributed by atoms with Gasteiger partial charge < -0.3 is 5.73 Å². The van der Waals surface area contributed by atoms with E-state index in [1.165, 1.54) is 32.1 Å². The Morgan fingerprint density at radius 3 is 2.00 bits per heavy atom. The molecule has 0 saturated heterocycles. The molecular weight excluding hydrogens is 190 g/mol. The van der Waals surface area contributed by atoms with Gasteiger partial charge in [0, 0.05) is 6.42 Å². The highest BCUT2D eigenvalue weighted by molar-refractivity contribution is 5.97. The molecule has 0 bridgehead atoms. The van der Waals surface area contributed by atoms with E-state index < -0.39 is 5.91 Å². The molecule has 0 radical (unpaired) electrons. The third-order valence-electron chi connectivity index (χ3n) is 2.43. The lowest BCUT2D eigenvalue weighted by Gasteiger charge is -2.00. The molecule has 88 valence electrons. The highest BCUT2D eigenvalue weighted by Gasteiger charge is 2.04. The van der Waals surface area contributed by atoms with Crippen molar-refractivity contribution in [3.63, 3.8) is 0 Å². The summed E-state index contributed by atoms with van der Waals surface area (Å²) in [5.74, 6) is -0.529. The normalized spacial score (nSPS) is 10.2. The van der Waals surface area contributed by atoms with Crippen LogP contribution in [0.4, 0.5) is 0 Å². The summed E-state index contributed by atoms with van der Waals surface area (Å²) < 4.78 is 0. The molecular formula is C12H23NO2. The van der Waals surface area contributed by atoms with E-state index in [2.05, 4.69) is 6.92 Å². The number of ketones is 1. The largest absolute Gasteiger partial charge is 0.369 e. The minimum absolute atomic E-state index is 0.0175. The maximum atomic E-state index is 11.1. The number of Topliss-reactive ketones (excluding diaryl/α,β-unsaturated/α-hetero) is 1. The highest BCUT2D eigenvalue weighted by atomic mass is 16.2. The van der Waals surface area contributed by atoms with E-state index in [-0.39, 0.29) is 12.2 Å². The van der Waals surface area contributed by atoms with Gasteiger partial charge in [-0.05, 0) is 6.42 Å². The predicted octanol–water partition coefficient (Wildman–Crippen LogP) is 2.57. The second kappa shape index (κ2) is 9.69. The lowest BCUT2D eigenvalue weighted by Crippen LogP contribution is -2.15. The van der Waals surface area contributed by atoms with Crippen molar-refractivity contribution in [1.82, 2.24) is 0 Å². The maximum Gasteiger partial charge on any atom is 0.224 e. The summed E-state index contributed by atoms with van der Waals surface area (Å²) in [6.07, 6.45) is 8.74. The summed E-state index contributed by atoms with van der Waals surface area (Å²) in [5.41, 5.74) is 4.92. The summed E-state index contributed by atoms with van der Waals surface area (Å²) in [7, 11) is 0. The van der Waals surface area contributed by atoms with Crippen molar-refractivity contribution in [3.8, 4) is 0 Å². The van der Waals surface area contributed by atoms with Crippen molar-refractivity contribution >= 4 is 11.7 Å². The number of hydrogen-bond acceptors (Lipinski definition) is 2. The molecule has 3 heteroatoms. The number of unbranched alkanes of at least 4 members (excludes halogenated alkanes) is 6. The first kappa shape index (κ1) is 14.1. The van der Waals surface area contributed by atoms with Gasteiger partial charge in [-0.25, -0.2) is 0 Å². The molecule has 0 spiro atoms. The zero-order chi connectivity index (χ0) is 11.5. The molecule has 0 unspecified atom stereocenters. The van der Waals surface area contributed by atoms with E-state index in [1.807, 2.05) is 0 Å². The monoisotopic (exact) mass is 213 g/mol. The second-order valence-corrected chi connectivity index (χ2v) is 4.05. The number of rotatable bonds is 10. The minimum atomic E-state index is -0.511. The Kier molecular flexibility index (Phi) is 9.13. The Morgan fingerprint density at radius 2 is 1.47 bits per heavy atom. The smallest absolute Gasteiger partial charge is 0.224 e. The lowest BCUT2D eigenvalue weighted by molar-refractivity contribution is -0.126. The summed E-state index contributed by atoms with van der Waals surface area (Å²) in [6, 6.07) is 0. The molecule has 0 aliphatic heterocycles. The van der Waals surface area contributed by atoms with E-state index in [1.54, 1.807) is 0 Å². The van der Waals surface area contributed by atoms with Crippen molar-refractivity contribution < 1.29 is 9.59 Å². The number of carbonyl (C=O) groups is 2. The van der Waals surface area contributed by atoms with Crippen LogP contribution >= 0.6 is 0 Å². The van der Waals surface area contributed by atoms with E-state index in [0.29, 0.717) is 6.42 Å². The highest BCUT2D eigenvalue weighted by Crippen LogP contribution is 2.08. The fraction of sp³-hybridized carbons (Fsp3) is 0.833. The van der Waals surface area contributed by atoms with Crippen LogP contribution in [0.2, 0.25) is 0 Å². The molecule has 1 amide bonds. The van der Waals surface area contributed by atoms with E-state index >= 15 is 0 Å². The van der Waals surface area contributed by atoms with Gasteiger partial charge in [0.15, 0.2) is 0 Å². The molecule has 0 aromatic heterocycles. The van der Waals surface area contributed by atoms with Crippen molar-refractivity contribution in [2.75, 3.05) is 0 Å². The third-order valence-corrected chi connectivity index (χ3v) is 2.43. The van der Waals surface area contributed by atoms with Crippen LogP contribution in [0.15, 0.2) is 0 Å². The van der Waals surface area contributed by atoms with E-state index in [0.717, 1.165) is 12.8 Å². The summed E-state index contributed by atoms with van der Waals surface area (Å²) in [6.45, 7) is 2.20. The van der Waals surface area contributed by atoms with Gasteiger partial charge in [-0.3, -0.25) is 9.59 Å². The van der Waals surface area contributed by atoms with Gasteiger partial charge in [0.2, 0.25) is 5.91 Å². The van der Waals surface area contributed by atoms with E-state index in [4.69, 9.17) is 5.73 Å². The fourth-order valence-corrected chi connectivity index (χ4v) is 1.56. The fourth-order valence-electron chi connectivity index (χ4n) is 1.56. The van der Waals surface area contributed by atoms with E-state index in [9.17, 15) is 9.59 Å². The van der Waals surface area contributed by atoms with Crippen LogP contribution in [0.5, 0.6) is 0 Å².